The molecule has 6 aromatic rings. The number of nitro benzene ring substituents is 1. The molecule has 6 rings (SSSR count). The highest BCUT2D eigenvalue weighted by Crippen LogP contribution is 2.29. The molecule has 0 unspecified atom stereocenters. The summed E-state index contributed by atoms with van der Waals surface area (Å²) in [4.78, 5) is 49.1. The summed E-state index contributed by atoms with van der Waals surface area (Å²) >= 11 is 0. The van der Waals surface area contributed by atoms with E-state index >= 15 is 0 Å². The van der Waals surface area contributed by atoms with Gasteiger partial charge in [0, 0.05) is 37.7 Å². The van der Waals surface area contributed by atoms with Crippen LogP contribution in [0.25, 0.3) is 33.2 Å². The van der Waals surface area contributed by atoms with Crippen molar-refractivity contribution in [3.05, 3.63) is 106 Å². The van der Waals surface area contributed by atoms with Crippen molar-refractivity contribution in [1.29, 1.82) is 0 Å². The molecule has 0 fully saturated rings. The summed E-state index contributed by atoms with van der Waals surface area (Å²) in [5.41, 5.74) is 5.63. The maximum absolute atomic E-state index is 12.9. The predicted octanol–water partition coefficient (Wildman–Crippen LogP) is 6.49. The van der Waals surface area contributed by atoms with Gasteiger partial charge in [0.25, 0.3) is 0 Å². The molecule has 55 heavy (non-hydrogen) atoms. The molecule has 1 amide bonds. The molecule has 6 N–H and O–H groups in total. The third kappa shape index (κ3) is 9.96. The minimum absolute atomic E-state index is 0. The van der Waals surface area contributed by atoms with Crippen molar-refractivity contribution >= 4 is 57.0 Å². The highest BCUT2D eigenvalue weighted by atomic mass is 19.4. The minimum atomic E-state index is -5.08. The van der Waals surface area contributed by atoms with E-state index in [9.17, 15) is 38.0 Å². The van der Waals surface area contributed by atoms with Crippen molar-refractivity contribution in [3.63, 3.8) is 0 Å². The largest absolute Gasteiger partial charge is 0.490 e. The Balaban J connectivity index is 0.000000768. The van der Waals surface area contributed by atoms with Gasteiger partial charge in [0.15, 0.2) is 5.52 Å². The zero-order valence-corrected chi connectivity index (χ0v) is 29.0. The van der Waals surface area contributed by atoms with Crippen molar-refractivity contribution in [2.75, 3.05) is 17.2 Å². The fourth-order valence-corrected chi connectivity index (χ4v) is 5.52. The van der Waals surface area contributed by atoms with Gasteiger partial charge in [-0.1, -0.05) is 55.8 Å². The molecule has 19 heteroatoms. The molecule has 4 aromatic carbocycles. The molecule has 2 aromatic heterocycles. The number of nitrogens with one attached hydrogen (secondary N) is 2. The van der Waals surface area contributed by atoms with Gasteiger partial charge in [-0.15, -0.1) is 0 Å². The van der Waals surface area contributed by atoms with E-state index in [0.717, 1.165) is 47.2 Å². The van der Waals surface area contributed by atoms with E-state index in [1.54, 1.807) is 18.2 Å². The lowest BCUT2D eigenvalue weighted by molar-refractivity contribution is -0.383. The van der Waals surface area contributed by atoms with Gasteiger partial charge in [0.05, 0.1) is 27.2 Å². The number of carboxylic acid groups (broad SMARTS) is 2. The molecule has 0 spiro atoms. The molecule has 0 saturated heterocycles. The summed E-state index contributed by atoms with van der Waals surface area (Å²) < 4.78 is 38.6. The third-order valence-electron chi connectivity index (χ3n) is 8.13. The summed E-state index contributed by atoms with van der Waals surface area (Å²) in [6, 6.07) is 23.3. The molecule has 288 valence electrons. The monoisotopic (exact) mass is 765 g/mol. The van der Waals surface area contributed by atoms with Gasteiger partial charge in [-0.05, 0) is 63.8 Å². The second-order valence-corrected chi connectivity index (χ2v) is 11.8. The summed E-state index contributed by atoms with van der Waals surface area (Å²) in [6.07, 6.45) is -2.15. The van der Waals surface area contributed by atoms with Gasteiger partial charge < -0.3 is 30.9 Å². The maximum Gasteiger partial charge on any atom is 0.490 e. The van der Waals surface area contributed by atoms with Gasteiger partial charge in [0.1, 0.15) is 5.82 Å². The second kappa shape index (κ2) is 17.8. The highest BCUT2D eigenvalue weighted by molar-refractivity contribution is 5.96. The molecule has 0 atom stereocenters. The third-order valence-corrected chi connectivity index (χ3v) is 8.13. The first kappa shape index (κ1) is 40.9. The van der Waals surface area contributed by atoms with Crippen LogP contribution in [0.15, 0.2) is 83.5 Å². The number of carbonyl (C=O) groups excluding carboxylic acids is 1. The van der Waals surface area contributed by atoms with Gasteiger partial charge in [-0.25, -0.2) is 19.2 Å². The number of benzene rings is 4. The number of non-ortho nitro benzene ring substituents is 1. The number of nitro groups is 1. The first-order chi connectivity index (χ1) is 25.8. The number of fused-ring (bicyclic) bond motifs is 2. The number of hydrogen-bond donors (Lipinski definition) is 4. The number of aliphatic carboxylic acids is 1. The van der Waals surface area contributed by atoms with Crippen LogP contribution in [-0.4, -0.2) is 71.0 Å². The number of carbonyl (C=O) groups is 3. The maximum atomic E-state index is 12.9. The Morgan fingerprint density at radius 2 is 1.65 bits per heavy atom. The van der Waals surface area contributed by atoms with Crippen molar-refractivity contribution in [2.45, 2.75) is 45.3 Å². The molecule has 16 nitrogen and oxygen atoms in total. The lowest BCUT2D eigenvalue weighted by Crippen LogP contribution is -2.21. The van der Waals surface area contributed by atoms with E-state index in [2.05, 4.69) is 32.4 Å². The number of unbranched alkanes of at least 4 members (excludes halogenated alkanes) is 1. The van der Waals surface area contributed by atoms with Crippen molar-refractivity contribution in [1.82, 2.24) is 19.9 Å². The predicted molar refractivity (Wildman–Crippen MR) is 194 cm³/mol. The number of aryl methyl sites for hydroxylation is 1. The van der Waals surface area contributed by atoms with Crippen molar-refractivity contribution in [2.24, 2.45) is 0 Å². The van der Waals surface area contributed by atoms with Crippen LogP contribution in [0.1, 0.15) is 47.9 Å². The smallest absolute Gasteiger partial charge is 0.478 e. The number of hydrogen-bond acceptors (Lipinski definition) is 10. The fourth-order valence-electron chi connectivity index (χ4n) is 5.52. The quantitative estimate of drug-likeness (QED) is 0.0728. The standard InChI is InChI=1S/C34H31N7O6.C2HF3O2.H2O/c1-2-3-8-30-37-26-14-13-23(36-31(42)17-18-35-27-15-16-28(41(45)46)33-32(27)38-47-39-33)19-29(26)40(30)20-21-9-11-22(12-10-21)24-6-4-5-7-25(24)34(43)44;3-2(4,5)1(6)7;/h4-7,9-16,19,35H,2-3,8,17-18,20H2,1H3,(H,36,42)(H,43,44);(H,6,7);1H2. The number of aromatic carboxylic acids is 1. The number of rotatable bonds is 13. The Hall–Kier alpha value is -6.89. The Morgan fingerprint density at radius 3 is 2.31 bits per heavy atom. The van der Waals surface area contributed by atoms with E-state index in [1.807, 2.05) is 48.5 Å². The number of nitrogens with zero attached hydrogens (tertiary/aromatic N) is 5. The lowest BCUT2D eigenvalue weighted by atomic mass is 9.99. The zero-order chi connectivity index (χ0) is 39.0. The zero-order valence-electron chi connectivity index (χ0n) is 29.0. The van der Waals surface area contributed by atoms with Crippen molar-refractivity contribution in [3.8, 4) is 11.1 Å². The van der Waals surface area contributed by atoms with Crippen molar-refractivity contribution < 1.29 is 52.8 Å². The summed E-state index contributed by atoms with van der Waals surface area (Å²) in [7, 11) is 0. The Bertz CT molecular complexity index is 2320. The van der Waals surface area contributed by atoms with Gasteiger partial charge in [0.2, 0.25) is 11.4 Å². The number of anilines is 2. The molecule has 0 radical (unpaired) electrons. The number of aromatic nitrogens is 4. The Morgan fingerprint density at radius 1 is 0.964 bits per heavy atom. The number of carboxylic acids is 2. The van der Waals surface area contributed by atoms with Crippen LogP contribution >= 0.6 is 0 Å². The SMILES string of the molecule is CCCCc1nc2ccc(NC(=O)CCNc3ccc([N+](=O)[O-])c4nonc34)cc2n1Cc1ccc(-c2ccccc2C(=O)O)cc1.O.O=C(O)C(F)(F)F. The van der Waals surface area contributed by atoms with E-state index in [0.29, 0.717) is 23.5 Å². The van der Waals surface area contributed by atoms with Crippen LogP contribution in [0.4, 0.5) is 30.2 Å². The minimum Gasteiger partial charge on any atom is -0.478 e. The van der Waals surface area contributed by atoms with Crippen LogP contribution in [0.3, 0.4) is 0 Å². The van der Waals surface area contributed by atoms with E-state index in [1.165, 1.54) is 12.1 Å². The normalized spacial score (nSPS) is 11.0. The second-order valence-electron chi connectivity index (χ2n) is 11.8. The Labute approximate surface area is 309 Å². The Kier molecular flexibility index (Phi) is 13.2. The van der Waals surface area contributed by atoms with Crippen LogP contribution in [-0.2, 0) is 22.6 Å². The fraction of sp³-hybridized carbons (Fsp3) is 0.222. The number of alkyl halides is 3. The molecule has 0 aliphatic rings. The molecule has 0 aliphatic heterocycles. The number of imidazole rings is 1. The number of amides is 1. The molecule has 0 saturated carbocycles. The van der Waals surface area contributed by atoms with E-state index in [-0.39, 0.29) is 46.6 Å². The van der Waals surface area contributed by atoms with E-state index < -0.39 is 23.0 Å². The average Bonchev–Trinajstić information content (AvgIpc) is 3.76. The summed E-state index contributed by atoms with van der Waals surface area (Å²) in [6.45, 7) is 2.94. The van der Waals surface area contributed by atoms with Gasteiger partial charge in [-0.2, -0.15) is 13.2 Å². The van der Waals surface area contributed by atoms with E-state index in [4.69, 9.17) is 19.5 Å². The number of halogens is 3. The first-order valence-corrected chi connectivity index (χ1v) is 16.4. The topological polar surface area (TPSA) is 247 Å². The van der Waals surface area contributed by atoms with Crippen LogP contribution in [0.2, 0.25) is 0 Å². The first-order valence-electron chi connectivity index (χ1n) is 16.4. The van der Waals surface area contributed by atoms with Gasteiger partial charge in [-0.3, -0.25) is 14.9 Å². The van der Waals surface area contributed by atoms with Gasteiger partial charge >= 0.3 is 23.8 Å². The highest BCUT2D eigenvalue weighted by Gasteiger charge is 2.38. The van der Waals surface area contributed by atoms with Crippen LogP contribution in [0, 0.1) is 10.1 Å². The average molecular weight is 766 g/mol. The molecule has 0 aliphatic carbocycles. The summed E-state index contributed by atoms with van der Waals surface area (Å²) in [5.74, 6) is -2.99. The summed E-state index contributed by atoms with van der Waals surface area (Å²) in [5, 5.41) is 41.4. The molecule has 0 bridgehead atoms. The molecular formula is C36H34F3N7O9. The lowest BCUT2D eigenvalue weighted by Gasteiger charge is -2.12. The molecule has 2 heterocycles. The van der Waals surface area contributed by atoms with Crippen LogP contribution < -0.4 is 10.6 Å². The van der Waals surface area contributed by atoms with Crippen LogP contribution in [0.5, 0.6) is 0 Å². The molecular weight excluding hydrogens is 731 g/mol.